The lowest BCUT2D eigenvalue weighted by Gasteiger charge is -2.22. The number of rotatable bonds is 5. The van der Waals surface area contributed by atoms with Gasteiger partial charge in [0.15, 0.2) is 5.96 Å². The van der Waals surface area contributed by atoms with Gasteiger partial charge in [0.25, 0.3) is 0 Å². The minimum atomic E-state index is 0.852. The Morgan fingerprint density at radius 1 is 1.58 bits per heavy atom. The van der Waals surface area contributed by atoms with Gasteiger partial charge in [-0.1, -0.05) is 12.8 Å². The highest BCUT2D eigenvalue weighted by atomic mass is 79.9. The number of aromatic nitrogens is 1. The molecule has 106 valence electrons. The summed E-state index contributed by atoms with van der Waals surface area (Å²) in [5.74, 6) is 1.93. The Balaban J connectivity index is 1.85. The number of nitrogens with zero attached hydrogens (tertiary/aromatic N) is 3. The third-order valence-corrected chi connectivity index (χ3v) is 4.01. The summed E-state index contributed by atoms with van der Waals surface area (Å²) in [7, 11) is 5.99. The Labute approximate surface area is 124 Å². The first-order valence-electron chi connectivity index (χ1n) is 6.82. The SMILES string of the molecule is CN=C(NCCC1CC1)N(C)Cc1cc(Br)cn1C. The largest absolute Gasteiger partial charge is 0.356 e. The fourth-order valence-corrected chi connectivity index (χ4v) is 2.79. The zero-order valence-corrected chi connectivity index (χ0v) is 13.6. The van der Waals surface area contributed by atoms with Crippen LogP contribution in [0.3, 0.4) is 0 Å². The van der Waals surface area contributed by atoms with Gasteiger partial charge in [0.1, 0.15) is 0 Å². The quantitative estimate of drug-likeness (QED) is 0.666. The maximum absolute atomic E-state index is 4.35. The van der Waals surface area contributed by atoms with Crippen LogP contribution in [0.1, 0.15) is 25.0 Å². The van der Waals surface area contributed by atoms with Crippen molar-refractivity contribution in [2.45, 2.75) is 25.8 Å². The van der Waals surface area contributed by atoms with E-state index in [0.717, 1.165) is 29.4 Å². The second kappa shape index (κ2) is 6.46. The van der Waals surface area contributed by atoms with Crippen molar-refractivity contribution in [1.82, 2.24) is 14.8 Å². The molecule has 0 amide bonds. The molecule has 19 heavy (non-hydrogen) atoms. The number of hydrogen-bond acceptors (Lipinski definition) is 1. The summed E-state index contributed by atoms with van der Waals surface area (Å²) in [6.45, 7) is 1.88. The number of nitrogens with one attached hydrogen (secondary N) is 1. The number of hydrogen-bond donors (Lipinski definition) is 1. The van der Waals surface area contributed by atoms with Crippen molar-refractivity contribution in [2.24, 2.45) is 18.0 Å². The molecule has 1 heterocycles. The first-order chi connectivity index (χ1) is 9.10. The van der Waals surface area contributed by atoms with E-state index in [2.05, 4.69) is 62.1 Å². The van der Waals surface area contributed by atoms with Crippen molar-refractivity contribution < 1.29 is 0 Å². The summed E-state index contributed by atoms with van der Waals surface area (Å²) in [5.41, 5.74) is 1.26. The summed E-state index contributed by atoms with van der Waals surface area (Å²) >= 11 is 3.51. The minimum absolute atomic E-state index is 0.852. The van der Waals surface area contributed by atoms with Crippen molar-refractivity contribution in [3.05, 3.63) is 22.4 Å². The highest BCUT2D eigenvalue weighted by Crippen LogP contribution is 2.31. The lowest BCUT2D eigenvalue weighted by molar-refractivity contribution is 0.460. The number of aliphatic imine (C=N–C) groups is 1. The smallest absolute Gasteiger partial charge is 0.193 e. The fraction of sp³-hybridized carbons (Fsp3) is 0.643. The van der Waals surface area contributed by atoms with Gasteiger partial charge in [-0.15, -0.1) is 0 Å². The van der Waals surface area contributed by atoms with Crippen LogP contribution in [-0.2, 0) is 13.6 Å². The van der Waals surface area contributed by atoms with Crippen molar-refractivity contribution in [3.63, 3.8) is 0 Å². The zero-order valence-electron chi connectivity index (χ0n) is 12.0. The lowest BCUT2D eigenvalue weighted by atomic mass is 10.3. The molecule has 0 atom stereocenters. The van der Waals surface area contributed by atoms with E-state index < -0.39 is 0 Å². The van der Waals surface area contributed by atoms with Gasteiger partial charge in [-0.05, 0) is 34.3 Å². The zero-order chi connectivity index (χ0) is 13.8. The van der Waals surface area contributed by atoms with Gasteiger partial charge in [-0.25, -0.2) is 0 Å². The van der Waals surface area contributed by atoms with Crippen molar-refractivity contribution in [3.8, 4) is 0 Å². The third-order valence-electron chi connectivity index (χ3n) is 3.58. The van der Waals surface area contributed by atoms with Crippen LogP contribution in [0.5, 0.6) is 0 Å². The Kier molecular flexibility index (Phi) is 4.91. The minimum Gasteiger partial charge on any atom is -0.356 e. The summed E-state index contributed by atoms with van der Waals surface area (Å²) in [4.78, 5) is 6.51. The average molecular weight is 327 g/mol. The molecule has 2 rings (SSSR count). The second-order valence-corrected chi connectivity index (χ2v) is 6.24. The normalized spacial score (nSPS) is 15.7. The maximum atomic E-state index is 4.35. The van der Waals surface area contributed by atoms with E-state index in [1.54, 1.807) is 0 Å². The van der Waals surface area contributed by atoms with Crippen LogP contribution in [0.25, 0.3) is 0 Å². The highest BCUT2D eigenvalue weighted by Gasteiger charge is 2.20. The van der Waals surface area contributed by atoms with Gasteiger partial charge >= 0.3 is 0 Å². The van der Waals surface area contributed by atoms with Gasteiger partial charge in [0.2, 0.25) is 0 Å². The molecule has 0 spiro atoms. The van der Waals surface area contributed by atoms with Crippen LogP contribution in [0.2, 0.25) is 0 Å². The molecule has 1 aromatic heterocycles. The average Bonchev–Trinajstić information content (AvgIpc) is 3.12. The highest BCUT2D eigenvalue weighted by molar-refractivity contribution is 9.10. The van der Waals surface area contributed by atoms with Gasteiger partial charge in [-0.3, -0.25) is 4.99 Å². The Bertz CT molecular complexity index is 448. The molecule has 1 aliphatic rings. The van der Waals surface area contributed by atoms with Crippen LogP contribution < -0.4 is 5.32 Å². The van der Waals surface area contributed by atoms with Crippen LogP contribution >= 0.6 is 15.9 Å². The van der Waals surface area contributed by atoms with Gasteiger partial charge in [-0.2, -0.15) is 0 Å². The number of guanidine groups is 1. The molecule has 5 heteroatoms. The summed E-state index contributed by atoms with van der Waals surface area (Å²) in [6, 6.07) is 2.15. The van der Waals surface area contributed by atoms with Crippen molar-refractivity contribution in [2.75, 3.05) is 20.6 Å². The second-order valence-electron chi connectivity index (χ2n) is 5.32. The molecule has 0 aromatic carbocycles. The lowest BCUT2D eigenvalue weighted by Crippen LogP contribution is -2.39. The molecule has 0 bridgehead atoms. The predicted molar refractivity (Wildman–Crippen MR) is 83.3 cm³/mol. The molecule has 0 saturated heterocycles. The van der Waals surface area contributed by atoms with E-state index in [1.807, 2.05) is 7.05 Å². The molecule has 1 aromatic rings. The Hall–Kier alpha value is -0.970. The summed E-state index contributed by atoms with van der Waals surface area (Å²) in [6.07, 6.45) is 6.16. The van der Waals surface area contributed by atoms with Crippen LogP contribution in [0, 0.1) is 5.92 Å². The first-order valence-corrected chi connectivity index (χ1v) is 7.62. The molecular weight excluding hydrogens is 304 g/mol. The maximum Gasteiger partial charge on any atom is 0.193 e. The number of aryl methyl sites for hydroxylation is 1. The van der Waals surface area contributed by atoms with Crippen molar-refractivity contribution >= 4 is 21.9 Å². The van der Waals surface area contributed by atoms with Gasteiger partial charge in [0.05, 0.1) is 6.54 Å². The topological polar surface area (TPSA) is 32.6 Å². The standard InChI is InChI=1S/C14H23BrN4/c1-16-14(17-7-6-11-4-5-11)19(3)10-13-8-12(15)9-18(13)2/h8-9,11H,4-7,10H2,1-3H3,(H,16,17). The molecule has 0 unspecified atom stereocenters. The fourth-order valence-electron chi connectivity index (χ4n) is 2.22. The molecular formula is C14H23BrN4. The molecule has 1 N–H and O–H groups in total. The van der Waals surface area contributed by atoms with Crippen LogP contribution in [0.15, 0.2) is 21.7 Å². The summed E-state index contributed by atoms with van der Waals surface area (Å²) < 4.78 is 3.26. The van der Waals surface area contributed by atoms with Crippen molar-refractivity contribution in [1.29, 1.82) is 0 Å². The van der Waals surface area contributed by atoms with E-state index in [1.165, 1.54) is 25.0 Å². The molecule has 1 aliphatic carbocycles. The van der Waals surface area contributed by atoms with Gasteiger partial charge in [0, 0.05) is 44.1 Å². The van der Waals surface area contributed by atoms with E-state index in [0.29, 0.717) is 0 Å². The van der Waals surface area contributed by atoms with E-state index in [9.17, 15) is 0 Å². The first kappa shape index (κ1) is 14.4. The molecule has 1 saturated carbocycles. The van der Waals surface area contributed by atoms with Gasteiger partial charge < -0.3 is 14.8 Å². The molecule has 0 aliphatic heterocycles. The van der Waals surface area contributed by atoms with E-state index >= 15 is 0 Å². The predicted octanol–water partition coefficient (Wildman–Crippen LogP) is 2.59. The molecule has 4 nitrogen and oxygen atoms in total. The number of halogens is 1. The molecule has 1 fully saturated rings. The Morgan fingerprint density at radius 3 is 2.84 bits per heavy atom. The van der Waals surface area contributed by atoms with E-state index in [-0.39, 0.29) is 0 Å². The monoisotopic (exact) mass is 326 g/mol. The summed E-state index contributed by atoms with van der Waals surface area (Å²) in [5, 5.41) is 3.44. The third kappa shape index (κ3) is 4.27. The van der Waals surface area contributed by atoms with Crippen LogP contribution in [-0.4, -0.2) is 36.1 Å². The Morgan fingerprint density at radius 2 is 2.32 bits per heavy atom. The van der Waals surface area contributed by atoms with Crippen LogP contribution in [0.4, 0.5) is 0 Å². The molecule has 0 radical (unpaired) electrons. The van der Waals surface area contributed by atoms with E-state index in [4.69, 9.17) is 0 Å².